The van der Waals surface area contributed by atoms with Gasteiger partial charge in [-0.15, -0.1) is 0 Å². The maximum atomic E-state index is 2.42. The summed E-state index contributed by atoms with van der Waals surface area (Å²) in [5.74, 6) is 0. The van der Waals surface area contributed by atoms with Crippen LogP contribution in [0.2, 0.25) is 0 Å². The standard InChI is InChI=1S/C68H46N2/c1-5-18-47(19-6-1)48-32-39-55(40-33-48)69(57-43-36-50(37-44-57)58-29-17-30-63-61-27-15-16-31-65(61)70(68(58)63)54-24-11-4-12-25-54)56-41-34-49(35-42-56)53-38-45-60-59-26-13-14-28-62(59)66(51-20-7-2-8-21-51)67(64(60)46-53)52-22-9-3-10-23-52/h1-46H. The van der Waals surface area contributed by atoms with Crippen LogP contribution in [0, 0.1) is 0 Å². The van der Waals surface area contributed by atoms with E-state index in [1.54, 1.807) is 0 Å². The maximum absolute atomic E-state index is 2.42. The molecule has 0 atom stereocenters. The van der Waals surface area contributed by atoms with E-state index in [0.29, 0.717) is 0 Å². The quantitative estimate of drug-likeness (QED) is 0.131. The molecule has 0 spiro atoms. The molecular weight excluding hydrogens is 845 g/mol. The van der Waals surface area contributed by atoms with Gasteiger partial charge in [-0.2, -0.15) is 0 Å². The van der Waals surface area contributed by atoms with Crippen molar-refractivity contribution >= 4 is 60.4 Å². The monoisotopic (exact) mass is 890 g/mol. The molecular formula is C68H46N2. The predicted octanol–water partition coefficient (Wildman–Crippen LogP) is 18.9. The van der Waals surface area contributed by atoms with Crippen LogP contribution in [-0.2, 0) is 0 Å². The largest absolute Gasteiger partial charge is 0.311 e. The third kappa shape index (κ3) is 7.13. The molecule has 1 aromatic heterocycles. The first-order valence-electron chi connectivity index (χ1n) is 24.1. The van der Waals surface area contributed by atoms with Crippen molar-refractivity contribution in [1.82, 2.24) is 4.57 Å². The van der Waals surface area contributed by atoms with E-state index in [2.05, 4.69) is 289 Å². The van der Waals surface area contributed by atoms with E-state index in [1.165, 1.54) is 93.4 Å². The van der Waals surface area contributed by atoms with Gasteiger partial charge in [-0.1, -0.05) is 218 Å². The molecule has 0 bridgehead atoms. The normalized spacial score (nSPS) is 11.4. The van der Waals surface area contributed by atoms with E-state index < -0.39 is 0 Å². The molecule has 0 saturated heterocycles. The van der Waals surface area contributed by atoms with Gasteiger partial charge in [-0.3, -0.25) is 0 Å². The van der Waals surface area contributed by atoms with Crippen LogP contribution in [0.4, 0.5) is 17.1 Å². The van der Waals surface area contributed by atoms with Crippen LogP contribution in [0.5, 0.6) is 0 Å². The van der Waals surface area contributed by atoms with Crippen molar-refractivity contribution < 1.29 is 0 Å². The lowest BCUT2D eigenvalue weighted by molar-refractivity contribution is 1.18. The molecule has 70 heavy (non-hydrogen) atoms. The van der Waals surface area contributed by atoms with Gasteiger partial charge in [0.1, 0.15) is 0 Å². The molecule has 0 N–H and O–H groups in total. The van der Waals surface area contributed by atoms with Gasteiger partial charge in [-0.05, 0) is 132 Å². The smallest absolute Gasteiger partial charge is 0.0619 e. The zero-order valence-electron chi connectivity index (χ0n) is 38.5. The molecule has 13 aromatic rings. The molecule has 2 heteroatoms. The minimum atomic E-state index is 1.08. The molecule has 2 nitrogen and oxygen atoms in total. The van der Waals surface area contributed by atoms with Crippen LogP contribution in [0.1, 0.15) is 0 Å². The summed E-state index contributed by atoms with van der Waals surface area (Å²) in [6.07, 6.45) is 0. The van der Waals surface area contributed by atoms with Crippen LogP contribution >= 0.6 is 0 Å². The molecule has 0 aliphatic rings. The Hall–Kier alpha value is -9.24. The van der Waals surface area contributed by atoms with Crippen molar-refractivity contribution in [3.8, 4) is 61.3 Å². The second-order valence-electron chi connectivity index (χ2n) is 18.0. The number of aromatic nitrogens is 1. The van der Waals surface area contributed by atoms with Crippen molar-refractivity contribution in [2.24, 2.45) is 0 Å². The van der Waals surface area contributed by atoms with Gasteiger partial charge in [0.2, 0.25) is 0 Å². The molecule has 0 saturated carbocycles. The summed E-state index contributed by atoms with van der Waals surface area (Å²) in [5.41, 5.74) is 18.8. The molecule has 1 heterocycles. The van der Waals surface area contributed by atoms with Gasteiger partial charge < -0.3 is 9.47 Å². The minimum absolute atomic E-state index is 1.08. The highest BCUT2D eigenvalue weighted by atomic mass is 15.1. The maximum Gasteiger partial charge on any atom is 0.0619 e. The number of hydrogen-bond acceptors (Lipinski definition) is 1. The number of benzene rings is 12. The fraction of sp³-hybridized carbons (Fsp3) is 0. The zero-order chi connectivity index (χ0) is 46.4. The van der Waals surface area contributed by atoms with E-state index >= 15 is 0 Å². The number of anilines is 3. The first-order chi connectivity index (χ1) is 34.7. The summed E-state index contributed by atoms with van der Waals surface area (Å²) in [6.45, 7) is 0. The second-order valence-corrected chi connectivity index (χ2v) is 18.0. The number of para-hydroxylation sites is 3. The lowest BCUT2D eigenvalue weighted by atomic mass is 9.84. The van der Waals surface area contributed by atoms with E-state index in [-0.39, 0.29) is 0 Å². The van der Waals surface area contributed by atoms with E-state index in [1.807, 2.05) is 0 Å². The Morgan fingerprint density at radius 3 is 1.26 bits per heavy atom. The molecule has 0 fully saturated rings. The third-order valence-corrected chi connectivity index (χ3v) is 14.0. The van der Waals surface area contributed by atoms with E-state index in [9.17, 15) is 0 Å². The third-order valence-electron chi connectivity index (χ3n) is 14.0. The van der Waals surface area contributed by atoms with Gasteiger partial charge >= 0.3 is 0 Å². The lowest BCUT2D eigenvalue weighted by Gasteiger charge is -2.26. The Bertz CT molecular complexity index is 3990. The number of nitrogens with zero attached hydrogens (tertiary/aromatic N) is 2. The first kappa shape index (κ1) is 41.0. The fourth-order valence-electron chi connectivity index (χ4n) is 10.8. The van der Waals surface area contributed by atoms with Crippen LogP contribution in [0.15, 0.2) is 279 Å². The van der Waals surface area contributed by atoms with Crippen molar-refractivity contribution in [2.45, 2.75) is 0 Å². The fourth-order valence-corrected chi connectivity index (χ4v) is 10.8. The number of fused-ring (bicyclic) bond motifs is 6. The Labute approximate surface area is 408 Å². The summed E-state index contributed by atoms with van der Waals surface area (Å²) in [6, 6.07) is 102. The van der Waals surface area contributed by atoms with Gasteiger partial charge in [0.15, 0.2) is 0 Å². The zero-order valence-corrected chi connectivity index (χ0v) is 38.5. The summed E-state index contributed by atoms with van der Waals surface area (Å²) in [4.78, 5) is 2.37. The minimum Gasteiger partial charge on any atom is -0.311 e. The Morgan fingerprint density at radius 1 is 0.243 bits per heavy atom. The summed E-state index contributed by atoms with van der Waals surface area (Å²) in [7, 11) is 0. The van der Waals surface area contributed by atoms with Crippen molar-refractivity contribution in [1.29, 1.82) is 0 Å². The molecule has 0 radical (unpaired) electrons. The number of hydrogen-bond donors (Lipinski definition) is 0. The molecule has 0 aliphatic heterocycles. The van der Waals surface area contributed by atoms with Gasteiger partial charge in [0.05, 0.1) is 11.0 Å². The van der Waals surface area contributed by atoms with Gasteiger partial charge in [0, 0.05) is 39.1 Å². The van der Waals surface area contributed by atoms with Crippen LogP contribution < -0.4 is 4.90 Å². The van der Waals surface area contributed by atoms with Crippen LogP contribution in [0.25, 0.3) is 105 Å². The summed E-state index contributed by atoms with van der Waals surface area (Å²) in [5, 5.41) is 7.50. The van der Waals surface area contributed by atoms with Crippen molar-refractivity contribution in [2.75, 3.05) is 4.90 Å². The topological polar surface area (TPSA) is 8.17 Å². The van der Waals surface area contributed by atoms with Crippen LogP contribution in [0.3, 0.4) is 0 Å². The number of rotatable bonds is 9. The van der Waals surface area contributed by atoms with Crippen molar-refractivity contribution in [3.63, 3.8) is 0 Å². The average Bonchev–Trinajstić information content (AvgIpc) is 3.79. The van der Waals surface area contributed by atoms with E-state index in [0.717, 1.165) is 28.3 Å². The lowest BCUT2D eigenvalue weighted by Crippen LogP contribution is -2.09. The molecule has 12 aromatic carbocycles. The predicted molar refractivity (Wildman–Crippen MR) is 298 cm³/mol. The molecule has 0 aliphatic carbocycles. The Morgan fingerprint density at radius 2 is 0.657 bits per heavy atom. The Balaban J connectivity index is 0.930. The highest BCUT2D eigenvalue weighted by Crippen LogP contribution is 2.46. The summed E-state index contributed by atoms with van der Waals surface area (Å²) >= 11 is 0. The van der Waals surface area contributed by atoms with Gasteiger partial charge in [0.25, 0.3) is 0 Å². The van der Waals surface area contributed by atoms with Gasteiger partial charge in [-0.25, -0.2) is 0 Å². The molecule has 0 amide bonds. The second kappa shape index (κ2) is 17.4. The van der Waals surface area contributed by atoms with Crippen molar-refractivity contribution in [3.05, 3.63) is 279 Å². The molecule has 13 rings (SSSR count). The first-order valence-corrected chi connectivity index (χ1v) is 24.1. The SMILES string of the molecule is c1ccc(-c2ccc(N(c3ccc(-c4ccc5c(c4)c(-c4ccccc4)c(-c4ccccc4)c4ccccc45)cc3)c3ccc(-c4cccc5c6ccccc6n(-c6ccccc6)c45)cc3)cc2)cc1. The highest BCUT2D eigenvalue weighted by Gasteiger charge is 2.20. The van der Waals surface area contributed by atoms with Crippen LogP contribution in [-0.4, -0.2) is 4.57 Å². The highest BCUT2D eigenvalue weighted by molar-refractivity contribution is 6.22. The molecule has 328 valence electrons. The molecule has 0 unspecified atom stereocenters. The van der Waals surface area contributed by atoms with E-state index in [4.69, 9.17) is 0 Å². The summed E-state index contributed by atoms with van der Waals surface area (Å²) < 4.78 is 2.42. The average molecular weight is 891 g/mol. The Kier molecular flexibility index (Phi) is 10.2.